The van der Waals surface area contributed by atoms with Crippen molar-refractivity contribution in [1.82, 2.24) is 4.90 Å². The molecule has 1 heterocycles. The van der Waals surface area contributed by atoms with Gasteiger partial charge in [0.25, 0.3) is 0 Å². The molecule has 0 aromatic heterocycles. The molecule has 2 N–H and O–H groups in total. The molecule has 2 nitrogen and oxygen atoms in total. The van der Waals surface area contributed by atoms with Crippen LogP contribution in [0.2, 0.25) is 0 Å². The molecule has 15 heavy (non-hydrogen) atoms. The Kier molecular flexibility index (Phi) is 4.45. The zero-order chi connectivity index (χ0) is 10.5. The van der Waals surface area contributed by atoms with Gasteiger partial charge in [0.2, 0.25) is 0 Å². The SMILES string of the molecule is NCC1CCCCN1CC1CCCCC1. The van der Waals surface area contributed by atoms with Crippen LogP contribution in [-0.2, 0) is 0 Å². The summed E-state index contributed by atoms with van der Waals surface area (Å²) in [5.74, 6) is 0.978. The van der Waals surface area contributed by atoms with Crippen LogP contribution in [0.25, 0.3) is 0 Å². The molecule has 1 unspecified atom stereocenters. The first-order valence-electron chi connectivity index (χ1n) is 6.84. The Morgan fingerprint density at radius 1 is 0.933 bits per heavy atom. The molecule has 0 bridgehead atoms. The number of likely N-dealkylation sites (tertiary alicyclic amines) is 1. The summed E-state index contributed by atoms with van der Waals surface area (Å²) in [5, 5.41) is 0. The molecule has 2 fully saturated rings. The zero-order valence-electron chi connectivity index (χ0n) is 9.96. The number of hydrogen-bond acceptors (Lipinski definition) is 2. The van der Waals surface area contributed by atoms with Crippen LogP contribution >= 0.6 is 0 Å². The van der Waals surface area contributed by atoms with Crippen LogP contribution in [0.5, 0.6) is 0 Å². The monoisotopic (exact) mass is 210 g/mol. The quantitative estimate of drug-likeness (QED) is 0.775. The second-order valence-corrected chi connectivity index (χ2v) is 5.38. The lowest BCUT2D eigenvalue weighted by molar-refractivity contribution is 0.117. The van der Waals surface area contributed by atoms with E-state index >= 15 is 0 Å². The summed E-state index contributed by atoms with van der Waals surface area (Å²) < 4.78 is 0. The third kappa shape index (κ3) is 3.18. The maximum Gasteiger partial charge on any atom is 0.0218 e. The minimum absolute atomic E-state index is 0.695. The van der Waals surface area contributed by atoms with E-state index in [0.29, 0.717) is 6.04 Å². The second kappa shape index (κ2) is 5.86. The smallest absolute Gasteiger partial charge is 0.0218 e. The van der Waals surface area contributed by atoms with E-state index in [9.17, 15) is 0 Å². The van der Waals surface area contributed by atoms with Crippen LogP contribution in [0, 0.1) is 5.92 Å². The van der Waals surface area contributed by atoms with Gasteiger partial charge in [-0.1, -0.05) is 25.7 Å². The highest BCUT2D eigenvalue weighted by Crippen LogP contribution is 2.26. The summed E-state index contributed by atoms with van der Waals surface area (Å²) in [6.45, 7) is 3.51. The Morgan fingerprint density at radius 3 is 2.40 bits per heavy atom. The molecule has 1 aliphatic carbocycles. The highest BCUT2D eigenvalue weighted by Gasteiger charge is 2.24. The first-order chi connectivity index (χ1) is 7.40. The lowest BCUT2D eigenvalue weighted by Crippen LogP contribution is -2.46. The highest BCUT2D eigenvalue weighted by molar-refractivity contribution is 4.80. The van der Waals surface area contributed by atoms with Gasteiger partial charge >= 0.3 is 0 Å². The largest absolute Gasteiger partial charge is 0.329 e. The Bertz CT molecular complexity index is 175. The molecule has 0 spiro atoms. The Morgan fingerprint density at radius 2 is 1.67 bits per heavy atom. The molecule has 2 rings (SSSR count). The fraction of sp³-hybridized carbons (Fsp3) is 1.00. The van der Waals surface area contributed by atoms with E-state index in [1.54, 1.807) is 0 Å². The van der Waals surface area contributed by atoms with Crippen LogP contribution in [0.15, 0.2) is 0 Å². The topological polar surface area (TPSA) is 29.3 Å². The molecule has 1 saturated carbocycles. The fourth-order valence-corrected chi connectivity index (χ4v) is 3.27. The van der Waals surface area contributed by atoms with Gasteiger partial charge in [0.15, 0.2) is 0 Å². The van der Waals surface area contributed by atoms with Crippen molar-refractivity contribution >= 4 is 0 Å². The summed E-state index contributed by atoms with van der Waals surface area (Å²) in [5.41, 5.74) is 5.86. The molecule has 0 aromatic rings. The molecule has 1 saturated heterocycles. The van der Waals surface area contributed by atoms with Gasteiger partial charge < -0.3 is 5.73 Å². The molecule has 0 amide bonds. The number of hydrogen-bond donors (Lipinski definition) is 1. The number of rotatable bonds is 3. The Balaban J connectivity index is 1.79. The van der Waals surface area contributed by atoms with Gasteiger partial charge in [-0.2, -0.15) is 0 Å². The summed E-state index contributed by atoms with van der Waals surface area (Å²) in [6.07, 6.45) is 11.4. The molecular weight excluding hydrogens is 184 g/mol. The molecule has 2 aliphatic rings. The van der Waals surface area contributed by atoms with E-state index in [1.165, 1.54) is 64.5 Å². The van der Waals surface area contributed by atoms with Gasteiger partial charge in [0.1, 0.15) is 0 Å². The molecule has 0 aromatic carbocycles. The predicted molar refractivity (Wildman–Crippen MR) is 64.8 cm³/mol. The van der Waals surface area contributed by atoms with Crippen LogP contribution in [-0.4, -0.2) is 30.6 Å². The Hall–Kier alpha value is -0.0800. The molecule has 1 atom stereocenters. The molecular formula is C13H26N2. The van der Waals surface area contributed by atoms with E-state index in [4.69, 9.17) is 5.73 Å². The third-order valence-corrected chi connectivity index (χ3v) is 4.24. The Labute approximate surface area is 94.2 Å². The van der Waals surface area contributed by atoms with E-state index in [-0.39, 0.29) is 0 Å². The van der Waals surface area contributed by atoms with Crippen molar-refractivity contribution in [2.75, 3.05) is 19.6 Å². The van der Waals surface area contributed by atoms with E-state index in [2.05, 4.69) is 4.90 Å². The number of nitrogens with zero attached hydrogens (tertiary/aromatic N) is 1. The zero-order valence-corrected chi connectivity index (χ0v) is 9.96. The van der Waals surface area contributed by atoms with E-state index in [1.807, 2.05) is 0 Å². The fourth-order valence-electron chi connectivity index (χ4n) is 3.27. The first-order valence-corrected chi connectivity index (χ1v) is 6.84. The van der Waals surface area contributed by atoms with Crippen LogP contribution in [0.1, 0.15) is 51.4 Å². The van der Waals surface area contributed by atoms with Gasteiger partial charge in [-0.15, -0.1) is 0 Å². The van der Waals surface area contributed by atoms with Crippen molar-refractivity contribution in [3.05, 3.63) is 0 Å². The van der Waals surface area contributed by atoms with Crippen LogP contribution < -0.4 is 5.73 Å². The highest BCUT2D eigenvalue weighted by atomic mass is 15.2. The van der Waals surface area contributed by atoms with E-state index < -0.39 is 0 Å². The van der Waals surface area contributed by atoms with Crippen molar-refractivity contribution in [3.63, 3.8) is 0 Å². The lowest BCUT2D eigenvalue weighted by Gasteiger charge is -2.38. The van der Waals surface area contributed by atoms with Gasteiger partial charge in [0.05, 0.1) is 0 Å². The van der Waals surface area contributed by atoms with E-state index in [0.717, 1.165) is 12.5 Å². The molecule has 2 heteroatoms. The average molecular weight is 210 g/mol. The molecule has 88 valence electrons. The van der Waals surface area contributed by atoms with Crippen molar-refractivity contribution in [2.24, 2.45) is 11.7 Å². The predicted octanol–water partition coefficient (Wildman–Crippen LogP) is 2.38. The van der Waals surface area contributed by atoms with Crippen LogP contribution in [0.3, 0.4) is 0 Å². The van der Waals surface area contributed by atoms with Crippen molar-refractivity contribution in [2.45, 2.75) is 57.4 Å². The first kappa shape index (κ1) is 11.4. The van der Waals surface area contributed by atoms with Crippen molar-refractivity contribution < 1.29 is 0 Å². The van der Waals surface area contributed by atoms with Crippen LogP contribution in [0.4, 0.5) is 0 Å². The van der Waals surface area contributed by atoms with Gasteiger partial charge in [-0.25, -0.2) is 0 Å². The van der Waals surface area contributed by atoms with Gasteiger partial charge in [-0.05, 0) is 38.1 Å². The summed E-state index contributed by atoms with van der Waals surface area (Å²) in [6, 6.07) is 0.695. The van der Waals surface area contributed by atoms with Crippen molar-refractivity contribution in [3.8, 4) is 0 Å². The minimum atomic E-state index is 0.695. The number of piperidine rings is 1. The van der Waals surface area contributed by atoms with Crippen molar-refractivity contribution in [1.29, 1.82) is 0 Å². The van der Waals surface area contributed by atoms with Gasteiger partial charge in [0, 0.05) is 19.1 Å². The maximum absolute atomic E-state index is 5.86. The summed E-state index contributed by atoms with van der Waals surface area (Å²) >= 11 is 0. The van der Waals surface area contributed by atoms with Gasteiger partial charge in [-0.3, -0.25) is 4.90 Å². The average Bonchev–Trinajstić information content (AvgIpc) is 2.31. The third-order valence-electron chi connectivity index (χ3n) is 4.24. The summed E-state index contributed by atoms with van der Waals surface area (Å²) in [7, 11) is 0. The normalized spacial score (nSPS) is 30.6. The maximum atomic E-state index is 5.86. The number of nitrogens with two attached hydrogens (primary N) is 1. The second-order valence-electron chi connectivity index (χ2n) is 5.38. The standard InChI is InChI=1S/C13H26N2/c14-10-13-8-4-5-9-15(13)11-12-6-2-1-3-7-12/h12-13H,1-11,14H2. The molecule has 0 radical (unpaired) electrons. The molecule has 1 aliphatic heterocycles. The summed E-state index contributed by atoms with van der Waals surface area (Å²) in [4.78, 5) is 2.68. The minimum Gasteiger partial charge on any atom is -0.329 e. The lowest BCUT2D eigenvalue weighted by atomic mass is 9.88.